The maximum absolute atomic E-state index is 13.9. The van der Waals surface area contributed by atoms with Crippen molar-refractivity contribution >= 4 is 51.2 Å². The Morgan fingerprint density at radius 1 is 1.07 bits per heavy atom. The molecule has 0 aliphatic carbocycles. The number of likely N-dealkylation sites (tertiary alicyclic amines) is 1. The Bertz CT molecular complexity index is 1840. The maximum atomic E-state index is 13.9. The molecule has 238 valence electrons. The van der Waals surface area contributed by atoms with Crippen molar-refractivity contribution in [1.82, 2.24) is 30.8 Å². The summed E-state index contributed by atoms with van der Waals surface area (Å²) in [5.41, 5.74) is 12.3. The van der Waals surface area contributed by atoms with Crippen LogP contribution in [-0.2, 0) is 0 Å². The Labute approximate surface area is 278 Å². The molecule has 2 aromatic heterocycles. The third kappa shape index (κ3) is 6.55. The number of aromatic nitrogens is 2. The van der Waals surface area contributed by atoms with E-state index in [1.54, 1.807) is 12.3 Å². The summed E-state index contributed by atoms with van der Waals surface area (Å²) in [6, 6.07) is 14.2. The van der Waals surface area contributed by atoms with E-state index in [-0.39, 0.29) is 16.6 Å². The maximum Gasteiger partial charge on any atom is 0.141 e. The van der Waals surface area contributed by atoms with Crippen LogP contribution in [0.4, 0.5) is 21.5 Å². The summed E-state index contributed by atoms with van der Waals surface area (Å²) in [5, 5.41) is 20.0. The van der Waals surface area contributed by atoms with Gasteiger partial charge in [-0.1, -0.05) is 29.3 Å². The molecule has 1 saturated heterocycles. The zero-order valence-electron chi connectivity index (χ0n) is 26.1. The highest BCUT2D eigenvalue weighted by Gasteiger charge is 2.32. The summed E-state index contributed by atoms with van der Waals surface area (Å²) in [6.45, 7) is 10.9. The van der Waals surface area contributed by atoms with Crippen LogP contribution in [-0.4, -0.2) is 44.5 Å². The number of benzene rings is 2. The van der Waals surface area contributed by atoms with Crippen molar-refractivity contribution in [3.05, 3.63) is 99.4 Å². The van der Waals surface area contributed by atoms with Gasteiger partial charge in [0, 0.05) is 71.3 Å². The highest BCUT2D eigenvalue weighted by Crippen LogP contribution is 2.38. The van der Waals surface area contributed by atoms with E-state index in [1.165, 1.54) is 18.3 Å². The Morgan fingerprint density at radius 3 is 2.52 bits per heavy atom. The number of rotatable bonds is 7. The molecule has 0 saturated carbocycles. The molecule has 6 rings (SSSR count). The van der Waals surface area contributed by atoms with Crippen molar-refractivity contribution in [1.29, 1.82) is 5.26 Å². The van der Waals surface area contributed by atoms with Crippen LogP contribution in [0, 0.1) is 24.1 Å². The second kappa shape index (κ2) is 12.9. The fraction of sp³-hybridized carbons (Fsp3) is 0.324. The molecule has 12 heteroatoms. The number of hydrazine groups is 2. The molecule has 0 bridgehead atoms. The van der Waals surface area contributed by atoms with Crippen LogP contribution in [0.2, 0.25) is 10.0 Å². The van der Waals surface area contributed by atoms with Crippen molar-refractivity contribution in [2.75, 3.05) is 23.7 Å². The van der Waals surface area contributed by atoms with E-state index in [4.69, 9.17) is 23.2 Å². The van der Waals surface area contributed by atoms with Gasteiger partial charge < -0.3 is 16.1 Å². The van der Waals surface area contributed by atoms with E-state index in [1.807, 2.05) is 25.1 Å². The summed E-state index contributed by atoms with van der Waals surface area (Å²) in [6.07, 6.45) is 7.47. The zero-order chi connectivity index (χ0) is 32.6. The van der Waals surface area contributed by atoms with Gasteiger partial charge in [0.25, 0.3) is 0 Å². The van der Waals surface area contributed by atoms with Gasteiger partial charge in [0.2, 0.25) is 0 Å². The van der Waals surface area contributed by atoms with Crippen LogP contribution in [0.3, 0.4) is 0 Å². The van der Waals surface area contributed by atoms with Gasteiger partial charge >= 0.3 is 0 Å². The molecule has 2 aliphatic heterocycles. The van der Waals surface area contributed by atoms with Gasteiger partial charge in [-0.3, -0.25) is 19.9 Å². The van der Waals surface area contributed by atoms with Crippen LogP contribution in [0.15, 0.2) is 66.8 Å². The van der Waals surface area contributed by atoms with Crippen molar-refractivity contribution in [3.63, 3.8) is 0 Å². The van der Waals surface area contributed by atoms with E-state index in [0.717, 1.165) is 42.9 Å². The molecule has 2 aliphatic rings. The lowest BCUT2D eigenvalue weighted by Gasteiger charge is -2.42. The summed E-state index contributed by atoms with van der Waals surface area (Å²) in [5.74, 6) is -0.531. The first-order valence-corrected chi connectivity index (χ1v) is 16.0. The van der Waals surface area contributed by atoms with Crippen LogP contribution < -0.4 is 21.6 Å². The van der Waals surface area contributed by atoms with Gasteiger partial charge in [0.15, 0.2) is 0 Å². The van der Waals surface area contributed by atoms with Crippen molar-refractivity contribution < 1.29 is 4.39 Å². The van der Waals surface area contributed by atoms with Crippen LogP contribution in [0.5, 0.6) is 0 Å². The molecule has 1 atom stereocenters. The number of piperidine rings is 1. The van der Waals surface area contributed by atoms with Crippen molar-refractivity contribution in [2.24, 2.45) is 0 Å². The third-order valence-corrected chi connectivity index (χ3v) is 9.21. The number of nitrogens with zero attached hydrogens (tertiary/aromatic N) is 5. The summed E-state index contributed by atoms with van der Waals surface area (Å²) < 4.78 is 13.9. The van der Waals surface area contributed by atoms with E-state index in [2.05, 4.69) is 80.6 Å². The van der Waals surface area contributed by atoms with Crippen LogP contribution in [0.1, 0.15) is 56.5 Å². The van der Waals surface area contributed by atoms with Crippen LogP contribution in [0.25, 0.3) is 10.9 Å². The lowest BCUT2D eigenvalue weighted by atomic mass is 9.97. The first kappa shape index (κ1) is 31.8. The van der Waals surface area contributed by atoms with Crippen molar-refractivity contribution in [2.45, 2.75) is 58.2 Å². The number of nitrogens with one attached hydrogen (secondary N) is 4. The average molecular weight is 661 g/mol. The number of anilines is 3. The Morgan fingerprint density at radius 2 is 1.83 bits per heavy atom. The fourth-order valence-corrected chi connectivity index (χ4v) is 6.52. The monoisotopic (exact) mass is 659 g/mol. The minimum atomic E-state index is -0.531. The average Bonchev–Trinajstić information content (AvgIpc) is 3.52. The van der Waals surface area contributed by atoms with E-state index in [0.29, 0.717) is 44.6 Å². The van der Waals surface area contributed by atoms with Gasteiger partial charge in [0.1, 0.15) is 11.9 Å². The van der Waals surface area contributed by atoms with Gasteiger partial charge in [-0.05, 0) is 76.9 Å². The second-order valence-electron chi connectivity index (χ2n) is 12.6. The molecular weight excluding hydrogens is 624 g/mol. The van der Waals surface area contributed by atoms with E-state index >= 15 is 0 Å². The van der Waals surface area contributed by atoms with Gasteiger partial charge in [-0.15, -0.1) is 5.53 Å². The molecule has 4 aromatic rings. The third-order valence-electron chi connectivity index (χ3n) is 8.63. The molecule has 0 amide bonds. The predicted molar refractivity (Wildman–Crippen MR) is 182 cm³/mol. The number of nitriles is 1. The number of halogens is 3. The number of hydrogen-bond donors (Lipinski definition) is 4. The van der Waals surface area contributed by atoms with E-state index < -0.39 is 5.82 Å². The Hall–Kier alpha value is -4.14. The molecule has 0 unspecified atom stereocenters. The molecule has 2 aromatic carbocycles. The largest absolute Gasteiger partial charge is 0.373 e. The lowest BCUT2D eigenvalue weighted by molar-refractivity contribution is 0.0570. The molecule has 0 spiro atoms. The molecular formula is C34H36Cl2FN9. The molecule has 9 nitrogen and oxygen atoms in total. The summed E-state index contributed by atoms with van der Waals surface area (Å²) >= 11 is 12.9. The second-order valence-corrected chi connectivity index (χ2v) is 13.5. The number of hydrogen-bond acceptors (Lipinski definition) is 9. The first-order chi connectivity index (χ1) is 22.0. The van der Waals surface area contributed by atoms with Gasteiger partial charge in [-0.25, -0.2) is 4.39 Å². The number of aryl methyl sites for hydroxylation is 1. The number of pyridine rings is 2. The zero-order valence-corrected chi connectivity index (χ0v) is 27.6. The summed E-state index contributed by atoms with van der Waals surface area (Å²) in [7, 11) is 0. The highest BCUT2D eigenvalue weighted by atomic mass is 35.5. The standard InChI is InChI=1S/C34H36Cl2FN9/c1-20-25(6-5-11-39-20)33(30-19-46(44-43-30)24-9-12-45(13-10-24)34(2,3)4)42-23-14-26-31(41-22-7-8-29(37)27(35)15-22)21(17-38)18-40-32(26)28(36)16-23/h5-8,11,14-16,18-19,24,33,42-44H,9-10,12-13H2,1-4H3,(H,40,41)/t33-/m0/s1. The van der Waals surface area contributed by atoms with Gasteiger partial charge in [-0.2, -0.15) is 5.26 Å². The van der Waals surface area contributed by atoms with Gasteiger partial charge in [0.05, 0.1) is 38.6 Å². The normalized spacial score (nSPS) is 16.6. The Balaban J connectivity index is 1.35. The molecule has 1 fully saturated rings. The van der Waals surface area contributed by atoms with E-state index in [9.17, 15) is 9.65 Å². The summed E-state index contributed by atoms with van der Waals surface area (Å²) in [4.78, 5) is 11.6. The lowest BCUT2D eigenvalue weighted by Crippen LogP contribution is -2.52. The predicted octanol–water partition coefficient (Wildman–Crippen LogP) is 7.58. The Kier molecular flexibility index (Phi) is 8.95. The molecule has 4 heterocycles. The number of fused-ring (bicyclic) bond motifs is 1. The topological polar surface area (TPSA) is 104 Å². The SMILES string of the molecule is Cc1ncccc1[C@H](Nc1cc(Cl)c2ncc(C#N)c(Nc3ccc(F)c(Cl)c3)c2c1)C1=CN(C2CCN(C(C)(C)C)CC2)NN1. The fourth-order valence-electron chi connectivity index (χ4n) is 6.07. The first-order valence-electron chi connectivity index (χ1n) is 15.2. The van der Waals surface area contributed by atoms with Crippen LogP contribution >= 0.6 is 23.2 Å². The molecule has 46 heavy (non-hydrogen) atoms. The molecule has 0 radical (unpaired) electrons. The highest BCUT2D eigenvalue weighted by molar-refractivity contribution is 6.36. The smallest absolute Gasteiger partial charge is 0.141 e. The molecule has 4 N–H and O–H groups in total. The van der Waals surface area contributed by atoms with Crippen molar-refractivity contribution in [3.8, 4) is 6.07 Å². The minimum absolute atomic E-state index is 0.0308. The minimum Gasteiger partial charge on any atom is -0.373 e. The quantitative estimate of drug-likeness (QED) is 0.160.